The van der Waals surface area contributed by atoms with Gasteiger partial charge < -0.3 is 5.11 Å². The predicted molar refractivity (Wildman–Crippen MR) is 85.7 cm³/mol. The van der Waals surface area contributed by atoms with E-state index in [0.717, 1.165) is 50.3 Å². The lowest BCUT2D eigenvalue weighted by Crippen LogP contribution is -2.35. The lowest BCUT2D eigenvalue weighted by molar-refractivity contribution is -0.139. The van der Waals surface area contributed by atoms with E-state index in [9.17, 15) is 4.79 Å². The summed E-state index contributed by atoms with van der Waals surface area (Å²) in [6.45, 7) is 9.38. The topological polar surface area (TPSA) is 53.4 Å². The summed E-state index contributed by atoms with van der Waals surface area (Å²) >= 11 is 0. The van der Waals surface area contributed by atoms with Crippen molar-refractivity contribution in [1.29, 1.82) is 0 Å². The fraction of sp³-hybridized carbons (Fsp3) is 0.667. The summed E-state index contributed by atoms with van der Waals surface area (Å²) in [7, 11) is 0. The van der Waals surface area contributed by atoms with E-state index in [2.05, 4.69) is 37.8 Å². The van der Waals surface area contributed by atoms with Crippen LogP contribution in [0.2, 0.25) is 0 Å². The molecule has 1 aromatic heterocycles. The Morgan fingerprint density at radius 3 is 2.59 bits per heavy atom. The number of aromatic nitrogens is 1. The smallest absolute Gasteiger partial charge is 0.307 e. The van der Waals surface area contributed by atoms with Crippen LogP contribution in [-0.2, 0) is 11.3 Å². The molecule has 1 atom stereocenters. The predicted octanol–water partition coefficient (Wildman–Crippen LogP) is 3.20. The molecular weight excluding hydrogens is 276 g/mol. The van der Waals surface area contributed by atoms with Gasteiger partial charge in [0.05, 0.1) is 5.92 Å². The molecule has 120 valence electrons. The Balaban J connectivity index is 1.58. The Hall–Kier alpha value is -1.42. The molecule has 0 amide bonds. The third-order valence-electron chi connectivity index (χ3n) is 5.54. The van der Waals surface area contributed by atoms with Crippen molar-refractivity contribution in [2.45, 2.75) is 52.5 Å². The molecule has 0 aromatic carbocycles. The first kappa shape index (κ1) is 15.5. The molecule has 22 heavy (non-hydrogen) atoms. The van der Waals surface area contributed by atoms with Gasteiger partial charge in [0.25, 0.3) is 0 Å². The van der Waals surface area contributed by atoms with Crippen molar-refractivity contribution in [2.24, 2.45) is 11.3 Å². The van der Waals surface area contributed by atoms with Gasteiger partial charge in [0.2, 0.25) is 0 Å². The summed E-state index contributed by atoms with van der Waals surface area (Å²) in [5, 5.41) is 9.16. The summed E-state index contributed by atoms with van der Waals surface area (Å²) < 4.78 is 0. The average molecular weight is 302 g/mol. The van der Waals surface area contributed by atoms with Crippen molar-refractivity contribution in [3.63, 3.8) is 0 Å². The normalized spacial score (nSPS) is 23.9. The van der Waals surface area contributed by atoms with Crippen molar-refractivity contribution >= 4 is 5.97 Å². The molecule has 2 fully saturated rings. The number of hydrogen-bond donors (Lipinski definition) is 1. The Morgan fingerprint density at radius 1 is 1.41 bits per heavy atom. The maximum Gasteiger partial charge on any atom is 0.307 e. The molecule has 1 aromatic rings. The monoisotopic (exact) mass is 302 g/mol. The second-order valence-corrected chi connectivity index (χ2v) is 7.37. The second kappa shape index (κ2) is 5.65. The number of carbonyl (C=O) groups is 1. The Kier molecular flexibility index (Phi) is 3.98. The average Bonchev–Trinajstić information content (AvgIpc) is 3.18. The number of aryl methyl sites for hydroxylation is 1. The zero-order valence-electron chi connectivity index (χ0n) is 13.8. The molecule has 4 nitrogen and oxygen atoms in total. The highest BCUT2D eigenvalue weighted by atomic mass is 16.4. The van der Waals surface area contributed by atoms with Crippen LogP contribution < -0.4 is 0 Å². The molecule has 2 heterocycles. The van der Waals surface area contributed by atoms with E-state index in [1.54, 1.807) is 0 Å². The van der Waals surface area contributed by atoms with Crippen LogP contribution in [-0.4, -0.2) is 34.0 Å². The molecule has 1 unspecified atom stereocenters. The van der Waals surface area contributed by atoms with Gasteiger partial charge in [0.15, 0.2) is 0 Å². The number of piperidine rings is 1. The summed E-state index contributed by atoms with van der Waals surface area (Å²) in [6, 6.07) is 4.35. The van der Waals surface area contributed by atoms with Crippen molar-refractivity contribution < 1.29 is 9.90 Å². The standard InChI is InChI=1S/C18H26N2O2/c1-12(2)16-5-4-14(13(3)19-16)11-20-8-6-18(7-9-20)10-15(18)17(21)22/h4-5,12,15H,6-11H2,1-3H3,(H,21,22). The van der Waals surface area contributed by atoms with E-state index in [-0.39, 0.29) is 11.3 Å². The molecule has 1 saturated carbocycles. The summed E-state index contributed by atoms with van der Waals surface area (Å²) in [4.78, 5) is 18.3. The molecule has 1 N–H and O–H groups in total. The molecular formula is C18H26N2O2. The molecule has 3 rings (SSSR count). The zero-order valence-corrected chi connectivity index (χ0v) is 13.8. The number of rotatable bonds is 4. The van der Waals surface area contributed by atoms with Crippen LogP contribution >= 0.6 is 0 Å². The van der Waals surface area contributed by atoms with E-state index in [1.807, 2.05) is 0 Å². The number of aliphatic carboxylic acids is 1. The van der Waals surface area contributed by atoms with Crippen molar-refractivity contribution in [3.05, 3.63) is 29.1 Å². The van der Waals surface area contributed by atoms with E-state index in [0.29, 0.717) is 5.92 Å². The molecule has 1 aliphatic heterocycles. The minimum Gasteiger partial charge on any atom is -0.481 e. The molecule has 0 bridgehead atoms. The summed E-state index contributed by atoms with van der Waals surface area (Å²) in [5.74, 6) is -0.216. The first-order chi connectivity index (χ1) is 10.4. The van der Waals surface area contributed by atoms with Crippen LogP contribution in [0.4, 0.5) is 0 Å². The summed E-state index contributed by atoms with van der Waals surface area (Å²) in [6.07, 6.45) is 2.95. The van der Waals surface area contributed by atoms with Crippen LogP contribution in [0.1, 0.15) is 56.0 Å². The third-order valence-corrected chi connectivity index (χ3v) is 5.54. The van der Waals surface area contributed by atoms with Gasteiger partial charge in [-0.25, -0.2) is 0 Å². The van der Waals surface area contributed by atoms with Crippen molar-refractivity contribution in [3.8, 4) is 0 Å². The maximum absolute atomic E-state index is 11.1. The Labute approximate surface area is 132 Å². The fourth-order valence-electron chi connectivity index (χ4n) is 3.74. The van der Waals surface area contributed by atoms with E-state index >= 15 is 0 Å². The second-order valence-electron chi connectivity index (χ2n) is 7.37. The number of hydrogen-bond acceptors (Lipinski definition) is 3. The number of carboxylic acids is 1. The number of carboxylic acid groups (broad SMARTS) is 1. The Morgan fingerprint density at radius 2 is 2.09 bits per heavy atom. The van der Waals surface area contributed by atoms with Gasteiger partial charge in [-0.1, -0.05) is 19.9 Å². The zero-order chi connectivity index (χ0) is 15.9. The summed E-state index contributed by atoms with van der Waals surface area (Å²) in [5.41, 5.74) is 3.70. The Bertz CT molecular complexity index is 574. The highest BCUT2D eigenvalue weighted by molar-refractivity contribution is 5.74. The lowest BCUT2D eigenvalue weighted by atomic mass is 9.90. The molecule has 4 heteroatoms. The minimum atomic E-state index is -0.599. The van der Waals surface area contributed by atoms with E-state index < -0.39 is 5.97 Å². The largest absolute Gasteiger partial charge is 0.481 e. The first-order valence-corrected chi connectivity index (χ1v) is 8.33. The van der Waals surface area contributed by atoms with E-state index in [4.69, 9.17) is 10.1 Å². The van der Waals surface area contributed by atoms with Crippen LogP contribution in [0.15, 0.2) is 12.1 Å². The van der Waals surface area contributed by atoms with Gasteiger partial charge in [-0.3, -0.25) is 14.7 Å². The number of pyridine rings is 1. The van der Waals surface area contributed by atoms with Gasteiger partial charge in [-0.2, -0.15) is 0 Å². The molecule has 1 spiro atoms. The minimum absolute atomic E-state index is 0.0802. The molecule has 1 aliphatic carbocycles. The van der Waals surface area contributed by atoms with Crippen molar-refractivity contribution in [2.75, 3.05) is 13.1 Å². The highest BCUT2D eigenvalue weighted by Gasteiger charge is 2.58. The van der Waals surface area contributed by atoms with Crippen molar-refractivity contribution in [1.82, 2.24) is 9.88 Å². The highest BCUT2D eigenvalue weighted by Crippen LogP contribution is 2.59. The van der Waals surface area contributed by atoms with Gasteiger partial charge in [-0.05, 0) is 62.2 Å². The van der Waals surface area contributed by atoms with Gasteiger partial charge in [0.1, 0.15) is 0 Å². The fourth-order valence-corrected chi connectivity index (χ4v) is 3.74. The third kappa shape index (κ3) is 2.89. The van der Waals surface area contributed by atoms with Gasteiger partial charge in [-0.15, -0.1) is 0 Å². The number of nitrogens with zero attached hydrogens (tertiary/aromatic N) is 2. The van der Waals surface area contributed by atoms with Gasteiger partial charge in [0, 0.05) is 17.9 Å². The van der Waals surface area contributed by atoms with E-state index in [1.165, 1.54) is 5.56 Å². The molecule has 0 radical (unpaired) electrons. The van der Waals surface area contributed by atoms with Crippen LogP contribution in [0.5, 0.6) is 0 Å². The van der Waals surface area contributed by atoms with Crippen LogP contribution in [0.25, 0.3) is 0 Å². The number of likely N-dealkylation sites (tertiary alicyclic amines) is 1. The van der Waals surface area contributed by atoms with Crippen LogP contribution in [0, 0.1) is 18.3 Å². The lowest BCUT2D eigenvalue weighted by Gasteiger charge is -2.32. The maximum atomic E-state index is 11.1. The SMILES string of the molecule is Cc1nc(C(C)C)ccc1CN1CCC2(CC1)CC2C(=O)O. The van der Waals surface area contributed by atoms with Gasteiger partial charge >= 0.3 is 5.97 Å². The van der Waals surface area contributed by atoms with Crippen LogP contribution in [0.3, 0.4) is 0 Å². The molecule has 2 aliphatic rings. The first-order valence-electron chi connectivity index (χ1n) is 8.33. The quantitative estimate of drug-likeness (QED) is 0.928. The molecule has 1 saturated heterocycles.